The minimum absolute atomic E-state index is 0.184. The van der Waals surface area contributed by atoms with Crippen molar-refractivity contribution in [1.29, 1.82) is 0 Å². The molecule has 2 N–H and O–H groups in total. The highest BCUT2D eigenvalue weighted by molar-refractivity contribution is 5.85. The Kier molecular flexibility index (Phi) is 4.50. The highest BCUT2D eigenvalue weighted by Crippen LogP contribution is 2.26. The summed E-state index contributed by atoms with van der Waals surface area (Å²) in [7, 11) is 0. The van der Waals surface area contributed by atoms with E-state index in [0.29, 0.717) is 12.8 Å². The zero-order valence-electron chi connectivity index (χ0n) is 11.3. The van der Waals surface area contributed by atoms with Gasteiger partial charge in [-0.3, -0.25) is 14.6 Å². The second kappa shape index (κ2) is 6.32. The molecule has 1 aromatic rings. The molecule has 0 bridgehead atoms. The monoisotopic (exact) mass is 274 g/mol. The molecule has 0 fully saturated rings. The summed E-state index contributed by atoms with van der Waals surface area (Å²) in [5.74, 6) is -2.26. The highest BCUT2D eigenvalue weighted by atomic mass is 16.4. The summed E-state index contributed by atoms with van der Waals surface area (Å²) in [4.78, 5) is 27.5. The Morgan fingerprint density at radius 1 is 1.35 bits per heavy atom. The van der Waals surface area contributed by atoms with Gasteiger partial charge in [0, 0.05) is 12.4 Å². The van der Waals surface area contributed by atoms with E-state index in [9.17, 15) is 14.7 Å². The van der Waals surface area contributed by atoms with Gasteiger partial charge in [-0.2, -0.15) is 0 Å². The molecule has 3 atom stereocenters. The number of amides is 1. The summed E-state index contributed by atoms with van der Waals surface area (Å²) >= 11 is 0. The van der Waals surface area contributed by atoms with E-state index in [-0.39, 0.29) is 11.9 Å². The first-order valence-corrected chi connectivity index (χ1v) is 6.67. The summed E-state index contributed by atoms with van der Waals surface area (Å²) in [5.41, 5.74) is 0.902. The van der Waals surface area contributed by atoms with Crippen molar-refractivity contribution in [3.63, 3.8) is 0 Å². The van der Waals surface area contributed by atoms with Gasteiger partial charge in [-0.15, -0.1) is 0 Å². The highest BCUT2D eigenvalue weighted by Gasteiger charge is 2.34. The van der Waals surface area contributed by atoms with Crippen LogP contribution in [0.3, 0.4) is 0 Å². The van der Waals surface area contributed by atoms with Gasteiger partial charge in [-0.1, -0.05) is 18.2 Å². The summed E-state index contributed by atoms with van der Waals surface area (Å²) in [5, 5.41) is 12.1. The summed E-state index contributed by atoms with van der Waals surface area (Å²) < 4.78 is 0. The van der Waals surface area contributed by atoms with E-state index in [2.05, 4.69) is 10.3 Å². The number of nitrogens with one attached hydrogen (secondary N) is 1. The van der Waals surface area contributed by atoms with Gasteiger partial charge in [0.25, 0.3) is 0 Å². The standard InChI is InChI=1S/C15H18N2O3/c1-10(11-5-4-8-16-9-11)17-14(18)12-6-2-3-7-13(12)15(19)20/h2-5,8-10,12-13H,6-7H2,1H3,(H,17,18)(H,19,20). The largest absolute Gasteiger partial charge is 0.481 e. The fraction of sp³-hybridized carbons (Fsp3) is 0.400. The van der Waals surface area contributed by atoms with Crippen LogP contribution in [0.1, 0.15) is 31.4 Å². The maximum atomic E-state index is 12.3. The number of carboxylic acids is 1. The molecule has 3 unspecified atom stereocenters. The van der Waals surface area contributed by atoms with E-state index >= 15 is 0 Å². The Morgan fingerprint density at radius 3 is 2.65 bits per heavy atom. The molecule has 1 amide bonds. The lowest BCUT2D eigenvalue weighted by Crippen LogP contribution is -2.39. The number of aromatic nitrogens is 1. The van der Waals surface area contributed by atoms with E-state index in [1.165, 1.54) is 0 Å². The van der Waals surface area contributed by atoms with Gasteiger partial charge in [-0.05, 0) is 31.4 Å². The first-order valence-electron chi connectivity index (χ1n) is 6.67. The van der Waals surface area contributed by atoms with E-state index in [4.69, 9.17) is 0 Å². The quantitative estimate of drug-likeness (QED) is 0.822. The molecule has 0 saturated heterocycles. The summed E-state index contributed by atoms with van der Waals surface area (Å²) in [6, 6.07) is 3.51. The lowest BCUT2D eigenvalue weighted by atomic mass is 9.82. The fourth-order valence-electron chi connectivity index (χ4n) is 2.41. The first kappa shape index (κ1) is 14.2. The molecule has 1 aliphatic carbocycles. The number of pyridine rings is 1. The maximum Gasteiger partial charge on any atom is 0.307 e. The number of carbonyl (C=O) groups is 2. The topological polar surface area (TPSA) is 79.3 Å². The zero-order valence-corrected chi connectivity index (χ0v) is 11.3. The average molecular weight is 274 g/mol. The number of carboxylic acid groups (broad SMARTS) is 1. The van der Waals surface area contributed by atoms with Crippen LogP contribution in [-0.4, -0.2) is 22.0 Å². The number of hydrogen-bond acceptors (Lipinski definition) is 3. The molecule has 5 heteroatoms. The number of aliphatic carboxylic acids is 1. The SMILES string of the molecule is CC(NC(=O)C1CC=CCC1C(=O)O)c1cccnc1. The van der Waals surface area contributed by atoms with Gasteiger partial charge in [0.2, 0.25) is 5.91 Å². The third kappa shape index (κ3) is 3.23. The van der Waals surface area contributed by atoms with Crippen LogP contribution < -0.4 is 5.32 Å². The lowest BCUT2D eigenvalue weighted by Gasteiger charge is -2.26. The molecule has 2 rings (SSSR count). The fourth-order valence-corrected chi connectivity index (χ4v) is 2.41. The molecular formula is C15H18N2O3. The Hall–Kier alpha value is -2.17. The van der Waals surface area contributed by atoms with Gasteiger partial charge in [0.15, 0.2) is 0 Å². The van der Waals surface area contributed by atoms with Crippen LogP contribution in [-0.2, 0) is 9.59 Å². The molecule has 0 spiro atoms. The van der Waals surface area contributed by atoms with Gasteiger partial charge >= 0.3 is 5.97 Å². The van der Waals surface area contributed by atoms with E-state index < -0.39 is 17.8 Å². The van der Waals surface area contributed by atoms with Crippen LogP contribution in [0.5, 0.6) is 0 Å². The Balaban J connectivity index is 2.04. The second-order valence-electron chi connectivity index (χ2n) is 5.01. The minimum Gasteiger partial charge on any atom is -0.481 e. The van der Waals surface area contributed by atoms with Gasteiger partial charge < -0.3 is 10.4 Å². The van der Waals surface area contributed by atoms with Crippen molar-refractivity contribution in [2.45, 2.75) is 25.8 Å². The molecule has 0 aliphatic heterocycles. The molecule has 5 nitrogen and oxygen atoms in total. The predicted molar refractivity (Wildman–Crippen MR) is 73.8 cm³/mol. The van der Waals surface area contributed by atoms with Crippen LogP contribution in [0, 0.1) is 11.8 Å². The zero-order chi connectivity index (χ0) is 14.5. The molecule has 0 aromatic carbocycles. The van der Waals surface area contributed by atoms with E-state index in [1.807, 2.05) is 25.1 Å². The van der Waals surface area contributed by atoms with Crippen molar-refractivity contribution in [2.24, 2.45) is 11.8 Å². The van der Waals surface area contributed by atoms with Gasteiger partial charge in [-0.25, -0.2) is 0 Å². The van der Waals surface area contributed by atoms with Crippen LogP contribution in [0.25, 0.3) is 0 Å². The number of allylic oxidation sites excluding steroid dienone is 2. The lowest BCUT2D eigenvalue weighted by molar-refractivity contribution is -0.147. The van der Waals surface area contributed by atoms with Crippen molar-refractivity contribution in [1.82, 2.24) is 10.3 Å². The van der Waals surface area contributed by atoms with Crippen LogP contribution >= 0.6 is 0 Å². The predicted octanol–water partition coefficient (Wildman–Crippen LogP) is 1.93. The van der Waals surface area contributed by atoms with Gasteiger partial charge in [0.05, 0.1) is 17.9 Å². The minimum atomic E-state index is -0.913. The van der Waals surface area contributed by atoms with E-state index in [0.717, 1.165) is 5.56 Å². The van der Waals surface area contributed by atoms with Crippen molar-refractivity contribution in [2.75, 3.05) is 0 Å². The van der Waals surface area contributed by atoms with E-state index in [1.54, 1.807) is 18.5 Å². The third-order valence-electron chi connectivity index (χ3n) is 3.63. The van der Waals surface area contributed by atoms with Crippen LogP contribution in [0.4, 0.5) is 0 Å². The number of nitrogens with zero attached hydrogens (tertiary/aromatic N) is 1. The molecule has 20 heavy (non-hydrogen) atoms. The number of rotatable bonds is 4. The Morgan fingerprint density at radius 2 is 2.05 bits per heavy atom. The molecule has 0 saturated carbocycles. The van der Waals surface area contributed by atoms with Crippen molar-refractivity contribution < 1.29 is 14.7 Å². The van der Waals surface area contributed by atoms with Crippen LogP contribution in [0.2, 0.25) is 0 Å². The molecule has 1 heterocycles. The summed E-state index contributed by atoms with van der Waals surface area (Å²) in [6.07, 6.45) is 7.95. The smallest absolute Gasteiger partial charge is 0.307 e. The van der Waals surface area contributed by atoms with Crippen molar-refractivity contribution >= 4 is 11.9 Å². The normalized spacial score (nSPS) is 23.1. The summed E-state index contributed by atoms with van der Waals surface area (Å²) in [6.45, 7) is 1.86. The first-order chi connectivity index (χ1) is 9.59. The molecule has 1 aliphatic rings. The van der Waals surface area contributed by atoms with Gasteiger partial charge in [0.1, 0.15) is 0 Å². The Bertz CT molecular complexity index is 513. The molecular weight excluding hydrogens is 256 g/mol. The molecule has 0 radical (unpaired) electrons. The number of carbonyl (C=O) groups excluding carboxylic acids is 1. The van der Waals surface area contributed by atoms with Crippen molar-refractivity contribution in [3.05, 3.63) is 42.2 Å². The molecule has 1 aromatic heterocycles. The third-order valence-corrected chi connectivity index (χ3v) is 3.63. The average Bonchev–Trinajstić information content (AvgIpc) is 2.48. The maximum absolute atomic E-state index is 12.3. The van der Waals surface area contributed by atoms with Crippen molar-refractivity contribution in [3.8, 4) is 0 Å². The number of hydrogen-bond donors (Lipinski definition) is 2. The molecule has 106 valence electrons. The second-order valence-corrected chi connectivity index (χ2v) is 5.01. The van der Waals surface area contributed by atoms with Crippen LogP contribution in [0.15, 0.2) is 36.7 Å². The Labute approximate surface area is 117 Å².